The number of benzene rings is 1. The summed E-state index contributed by atoms with van der Waals surface area (Å²) >= 11 is 6.11. The fourth-order valence-electron chi connectivity index (χ4n) is 3.01. The molecule has 27 heavy (non-hydrogen) atoms. The predicted octanol–water partition coefficient (Wildman–Crippen LogP) is 3.58. The average molecular weight is 392 g/mol. The van der Waals surface area contributed by atoms with Crippen LogP contribution in [-0.4, -0.2) is 15.9 Å². The van der Waals surface area contributed by atoms with E-state index in [1.807, 2.05) is 0 Å². The van der Waals surface area contributed by atoms with Crippen LogP contribution in [0.25, 0.3) is 10.9 Å². The Morgan fingerprint density at radius 2 is 2.07 bits per heavy atom. The molecule has 0 spiro atoms. The maximum atomic E-state index is 13.9. The topological polar surface area (TPSA) is 74.8 Å². The van der Waals surface area contributed by atoms with Crippen molar-refractivity contribution in [1.82, 2.24) is 15.3 Å². The minimum absolute atomic E-state index is 0.154. The number of pyridine rings is 2. The number of aromatic nitrogens is 2. The summed E-state index contributed by atoms with van der Waals surface area (Å²) in [5.41, 5.74) is 1.09. The molecule has 0 saturated carbocycles. The highest BCUT2D eigenvalue weighted by molar-refractivity contribution is 6.34. The molecule has 0 aliphatic rings. The molecule has 2 heterocycles. The Hall–Kier alpha value is -2.80. The number of H-pyrrole nitrogens is 1. The number of carbonyl (C=O) groups excluding carboxylic acids is 1. The smallest absolute Gasteiger partial charge is 0.252 e. The third kappa shape index (κ3) is 3.83. The first-order valence-electron chi connectivity index (χ1n) is 8.18. The maximum Gasteiger partial charge on any atom is 0.252 e. The lowest BCUT2D eigenvalue weighted by Gasteiger charge is -2.16. The van der Waals surface area contributed by atoms with E-state index in [2.05, 4.69) is 15.3 Å². The SMILES string of the molecule is Cc1c(CC(=O)N[C@@H](C)c2ccc(F)cc2F)c(=O)[nH]c2ccnc(Cl)c12. The molecule has 140 valence electrons. The number of hydrogen-bond donors (Lipinski definition) is 2. The van der Waals surface area contributed by atoms with Gasteiger partial charge in [0.25, 0.3) is 5.56 Å². The molecule has 3 aromatic rings. The third-order valence-corrected chi connectivity index (χ3v) is 4.69. The highest BCUT2D eigenvalue weighted by Crippen LogP contribution is 2.24. The summed E-state index contributed by atoms with van der Waals surface area (Å²) in [6.45, 7) is 3.27. The van der Waals surface area contributed by atoms with Crippen molar-refractivity contribution in [2.45, 2.75) is 26.3 Å². The molecule has 8 heteroatoms. The molecular formula is C19H16ClF2N3O2. The standard InChI is InChI=1S/C19H16ClF2N3O2/c1-9-13(19(27)25-15-5-6-23-18(20)17(9)15)8-16(26)24-10(2)12-4-3-11(21)7-14(12)22/h3-7,10H,8H2,1-2H3,(H,24,26)(H,25,27)/t10-/m0/s1. The predicted molar refractivity (Wildman–Crippen MR) is 98.7 cm³/mol. The number of nitrogens with zero attached hydrogens (tertiary/aromatic N) is 1. The minimum atomic E-state index is -0.750. The second kappa shape index (κ2) is 7.44. The number of hydrogen-bond acceptors (Lipinski definition) is 3. The molecule has 2 aromatic heterocycles. The second-order valence-electron chi connectivity index (χ2n) is 6.21. The van der Waals surface area contributed by atoms with Crippen LogP contribution in [-0.2, 0) is 11.2 Å². The summed E-state index contributed by atoms with van der Waals surface area (Å²) in [5.74, 6) is -1.92. The molecule has 1 amide bonds. The van der Waals surface area contributed by atoms with E-state index in [4.69, 9.17) is 11.6 Å². The van der Waals surface area contributed by atoms with Gasteiger partial charge in [-0.1, -0.05) is 17.7 Å². The van der Waals surface area contributed by atoms with Crippen LogP contribution in [0.1, 0.15) is 29.7 Å². The van der Waals surface area contributed by atoms with E-state index >= 15 is 0 Å². The number of halogens is 3. The quantitative estimate of drug-likeness (QED) is 0.667. The van der Waals surface area contributed by atoms with E-state index in [9.17, 15) is 18.4 Å². The van der Waals surface area contributed by atoms with Crippen molar-refractivity contribution in [2.75, 3.05) is 0 Å². The van der Waals surface area contributed by atoms with Gasteiger partial charge in [0.2, 0.25) is 5.91 Å². The number of carbonyl (C=O) groups is 1. The molecule has 0 bridgehead atoms. The van der Waals surface area contributed by atoms with Gasteiger partial charge in [0, 0.05) is 28.8 Å². The van der Waals surface area contributed by atoms with Crippen LogP contribution in [0.5, 0.6) is 0 Å². The van der Waals surface area contributed by atoms with Crippen LogP contribution in [0.3, 0.4) is 0 Å². The van der Waals surface area contributed by atoms with Crippen LogP contribution < -0.4 is 10.9 Å². The van der Waals surface area contributed by atoms with Gasteiger partial charge >= 0.3 is 0 Å². The molecule has 0 fully saturated rings. The Morgan fingerprint density at radius 3 is 2.78 bits per heavy atom. The number of aryl methyl sites for hydroxylation is 1. The Morgan fingerprint density at radius 1 is 1.33 bits per heavy atom. The molecule has 3 rings (SSSR count). The number of fused-ring (bicyclic) bond motifs is 1. The van der Waals surface area contributed by atoms with E-state index < -0.39 is 29.1 Å². The summed E-state index contributed by atoms with van der Waals surface area (Å²) in [4.78, 5) is 31.4. The van der Waals surface area contributed by atoms with Crippen molar-refractivity contribution in [3.63, 3.8) is 0 Å². The summed E-state index contributed by atoms with van der Waals surface area (Å²) in [6.07, 6.45) is 1.26. The number of rotatable bonds is 4. The van der Waals surface area contributed by atoms with Gasteiger partial charge in [-0.15, -0.1) is 0 Å². The summed E-state index contributed by atoms with van der Waals surface area (Å²) < 4.78 is 26.9. The van der Waals surface area contributed by atoms with E-state index in [1.54, 1.807) is 19.9 Å². The minimum Gasteiger partial charge on any atom is -0.349 e. The Bertz CT molecular complexity index is 1100. The highest BCUT2D eigenvalue weighted by atomic mass is 35.5. The first-order valence-corrected chi connectivity index (χ1v) is 8.56. The van der Waals surface area contributed by atoms with Crippen LogP contribution in [0.2, 0.25) is 5.15 Å². The monoisotopic (exact) mass is 391 g/mol. The first-order chi connectivity index (χ1) is 12.8. The van der Waals surface area contributed by atoms with Crippen LogP contribution in [0, 0.1) is 18.6 Å². The van der Waals surface area contributed by atoms with Gasteiger partial charge < -0.3 is 10.3 Å². The largest absolute Gasteiger partial charge is 0.349 e. The molecule has 1 aromatic carbocycles. The van der Waals surface area contributed by atoms with Gasteiger partial charge in [0.05, 0.1) is 18.0 Å². The molecule has 5 nitrogen and oxygen atoms in total. The number of aromatic amines is 1. The zero-order chi connectivity index (χ0) is 19.7. The molecular weight excluding hydrogens is 376 g/mol. The van der Waals surface area contributed by atoms with Crippen LogP contribution in [0.15, 0.2) is 35.3 Å². The van der Waals surface area contributed by atoms with Gasteiger partial charge in [0.15, 0.2) is 0 Å². The van der Waals surface area contributed by atoms with Gasteiger partial charge in [-0.25, -0.2) is 13.8 Å². The second-order valence-corrected chi connectivity index (χ2v) is 6.57. The molecule has 0 radical (unpaired) electrons. The van der Waals surface area contributed by atoms with Crippen molar-refractivity contribution < 1.29 is 13.6 Å². The van der Waals surface area contributed by atoms with E-state index in [-0.39, 0.29) is 22.7 Å². The summed E-state index contributed by atoms with van der Waals surface area (Å²) in [7, 11) is 0. The van der Waals surface area contributed by atoms with Crippen LogP contribution in [0.4, 0.5) is 8.78 Å². The maximum absolute atomic E-state index is 13.9. The summed E-state index contributed by atoms with van der Waals surface area (Å²) in [5, 5.41) is 3.41. The summed E-state index contributed by atoms with van der Waals surface area (Å²) in [6, 6.07) is 4.08. The zero-order valence-electron chi connectivity index (χ0n) is 14.6. The molecule has 1 atom stereocenters. The molecule has 0 aliphatic heterocycles. The van der Waals surface area contributed by atoms with Crippen molar-refractivity contribution in [2.24, 2.45) is 0 Å². The zero-order valence-corrected chi connectivity index (χ0v) is 15.3. The Kier molecular flexibility index (Phi) is 5.23. The Balaban J connectivity index is 1.86. The molecule has 2 N–H and O–H groups in total. The Labute approximate surface area is 158 Å². The van der Waals surface area contributed by atoms with Crippen molar-refractivity contribution in [3.8, 4) is 0 Å². The fourth-order valence-corrected chi connectivity index (χ4v) is 3.31. The van der Waals surface area contributed by atoms with Crippen molar-refractivity contribution in [1.29, 1.82) is 0 Å². The highest BCUT2D eigenvalue weighted by Gasteiger charge is 2.18. The molecule has 0 unspecified atom stereocenters. The lowest BCUT2D eigenvalue weighted by molar-refractivity contribution is -0.121. The number of nitrogens with one attached hydrogen (secondary N) is 2. The van der Waals surface area contributed by atoms with Gasteiger partial charge in [-0.2, -0.15) is 0 Å². The van der Waals surface area contributed by atoms with Crippen LogP contribution >= 0.6 is 11.6 Å². The first kappa shape index (κ1) is 19.0. The van der Waals surface area contributed by atoms with E-state index in [0.29, 0.717) is 16.5 Å². The number of amides is 1. The normalized spacial score (nSPS) is 12.2. The van der Waals surface area contributed by atoms with Gasteiger partial charge in [0.1, 0.15) is 16.8 Å². The molecule has 0 saturated heterocycles. The lowest BCUT2D eigenvalue weighted by Crippen LogP contribution is -2.31. The van der Waals surface area contributed by atoms with E-state index in [0.717, 1.165) is 12.1 Å². The molecule has 0 aliphatic carbocycles. The van der Waals surface area contributed by atoms with Gasteiger partial charge in [-0.3, -0.25) is 9.59 Å². The van der Waals surface area contributed by atoms with Gasteiger partial charge in [-0.05, 0) is 31.5 Å². The van der Waals surface area contributed by atoms with Crippen molar-refractivity contribution in [3.05, 3.63) is 74.3 Å². The third-order valence-electron chi connectivity index (χ3n) is 4.40. The lowest BCUT2D eigenvalue weighted by atomic mass is 10.0. The van der Waals surface area contributed by atoms with Crippen molar-refractivity contribution >= 4 is 28.4 Å². The van der Waals surface area contributed by atoms with E-state index in [1.165, 1.54) is 12.3 Å². The fraction of sp³-hybridized carbons (Fsp3) is 0.211. The average Bonchev–Trinajstić information content (AvgIpc) is 2.58.